The standard InChI is InChI=1S/C22H35NO15/c1-8(2)19(30)35-7-10(25)6-34-16-12(26)15(32-4)17(18(28)29)37-22(16)36-14-11(23-9(3)24)21(33-5)38-20(31)13(14)27/h10-17,20-22,25-27,31H,1,6-7H2,2-5H3,(H,23,24)(H,28,29)/p-1. The maximum Gasteiger partial charge on any atom is 0.333 e. The maximum absolute atomic E-state index is 11.8. The Morgan fingerprint density at radius 3 is 2.16 bits per heavy atom. The van der Waals surface area contributed by atoms with Gasteiger partial charge < -0.3 is 68.8 Å². The Morgan fingerprint density at radius 2 is 1.63 bits per heavy atom. The Morgan fingerprint density at radius 1 is 0.974 bits per heavy atom. The normalized spacial score (nSPS) is 36.2. The SMILES string of the molecule is C=C(C)C(=O)OCC(O)COC1C(OC2C(O)C(O)OC(OC)C2NC(C)=O)OC(C(=O)[O-])C(OC)C1O. The number of carboxylic acid groups (broad SMARTS) is 1. The molecular formula is C22H34NO15-. The summed E-state index contributed by atoms with van der Waals surface area (Å²) in [6.07, 6.45) is -16.4. The van der Waals surface area contributed by atoms with Crippen LogP contribution >= 0.6 is 0 Å². The van der Waals surface area contributed by atoms with Crippen LogP contribution in [0, 0.1) is 0 Å². The van der Waals surface area contributed by atoms with Crippen molar-refractivity contribution in [2.45, 2.75) is 81.5 Å². The Kier molecular flexibility index (Phi) is 12.0. The van der Waals surface area contributed by atoms with Crippen LogP contribution in [0.4, 0.5) is 0 Å². The number of carbonyl (C=O) groups is 3. The predicted octanol–water partition coefficient (Wildman–Crippen LogP) is -4.73. The van der Waals surface area contributed by atoms with E-state index in [0.29, 0.717) is 0 Å². The first-order chi connectivity index (χ1) is 17.8. The second kappa shape index (κ2) is 14.2. The van der Waals surface area contributed by atoms with Crippen LogP contribution in [0.3, 0.4) is 0 Å². The topological polar surface area (TPSA) is 232 Å². The lowest BCUT2D eigenvalue weighted by atomic mass is 9.97. The van der Waals surface area contributed by atoms with Crippen LogP contribution in [-0.4, -0.2) is 133 Å². The number of aliphatic hydroxyl groups is 4. The van der Waals surface area contributed by atoms with Gasteiger partial charge in [-0.2, -0.15) is 0 Å². The van der Waals surface area contributed by atoms with E-state index in [2.05, 4.69) is 11.9 Å². The minimum Gasteiger partial charge on any atom is -0.547 e. The fourth-order valence-electron chi connectivity index (χ4n) is 3.87. The molecule has 2 fully saturated rings. The van der Waals surface area contributed by atoms with Gasteiger partial charge in [-0.05, 0) is 6.92 Å². The first-order valence-corrected chi connectivity index (χ1v) is 11.5. The van der Waals surface area contributed by atoms with Gasteiger partial charge in [0, 0.05) is 26.7 Å². The predicted molar refractivity (Wildman–Crippen MR) is 118 cm³/mol. The summed E-state index contributed by atoms with van der Waals surface area (Å²) in [5.41, 5.74) is 0.0965. The number of carboxylic acids is 1. The molecule has 2 aliphatic heterocycles. The highest BCUT2D eigenvalue weighted by Crippen LogP contribution is 2.31. The van der Waals surface area contributed by atoms with E-state index in [4.69, 9.17) is 33.2 Å². The smallest absolute Gasteiger partial charge is 0.333 e. The fourth-order valence-corrected chi connectivity index (χ4v) is 3.87. The molecule has 16 heteroatoms. The number of amides is 1. The van der Waals surface area contributed by atoms with E-state index in [1.165, 1.54) is 14.0 Å². The minimum atomic E-state index is -1.87. The highest BCUT2D eigenvalue weighted by molar-refractivity contribution is 5.86. The number of aliphatic carboxylic acids is 1. The van der Waals surface area contributed by atoms with E-state index in [1.807, 2.05) is 0 Å². The molecule has 11 atom stereocenters. The molecule has 0 aromatic heterocycles. The lowest BCUT2D eigenvalue weighted by Crippen LogP contribution is -2.68. The molecule has 38 heavy (non-hydrogen) atoms. The number of hydrogen-bond acceptors (Lipinski definition) is 15. The Balaban J connectivity index is 2.30. The van der Waals surface area contributed by atoms with Crippen molar-refractivity contribution in [3.05, 3.63) is 12.2 Å². The van der Waals surface area contributed by atoms with Crippen molar-refractivity contribution in [3.8, 4) is 0 Å². The van der Waals surface area contributed by atoms with Gasteiger partial charge in [0.25, 0.3) is 0 Å². The molecule has 0 spiro atoms. The Hall–Kier alpha value is -2.25. The van der Waals surface area contributed by atoms with Gasteiger partial charge >= 0.3 is 5.97 Å². The highest BCUT2D eigenvalue weighted by atomic mass is 16.8. The zero-order valence-corrected chi connectivity index (χ0v) is 21.3. The first kappa shape index (κ1) is 32.0. The molecule has 0 aliphatic carbocycles. The molecule has 2 aliphatic rings. The summed E-state index contributed by atoms with van der Waals surface area (Å²) in [6.45, 7) is 4.92. The van der Waals surface area contributed by atoms with Crippen LogP contribution in [-0.2, 0) is 47.5 Å². The molecule has 2 saturated heterocycles. The van der Waals surface area contributed by atoms with Crippen molar-refractivity contribution in [1.82, 2.24) is 5.32 Å². The van der Waals surface area contributed by atoms with Gasteiger partial charge in [-0.25, -0.2) is 4.79 Å². The number of esters is 1. The summed E-state index contributed by atoms with van der Waals surface area (Å²) in [6, 6.07) is -1.24. The second-order valence-electron chi connectivity index (χ2n) is 8.71. The van der Waals surface area contributed by atoms with Gasteiger partial charge in [0.05, 0.1) is 12.6 Å². The zero-order chi connectivity index (χ0) is 28.7. The van der Waals surface area contributed by atoms with E-state index in [-0.39, 0.29) is 5.57 Å². The molecule has 16 nitrogen and oxygen atoms in total. The largest absolute Gasteiger partial charge is 0.547 e. The highest BCUT2D eigenvalue weighted by Gasteiger charge is 2.52. The second-order valence-corrected chi connectivity index (χ2v) is 8.71. The van der Waals surface area contributed by atoms with Gasteiger partial charge in [-0.15, -0.1) is 0 Å². The molecule has 218 valence electrons. The number of carbonyl (C=O) groups excluding carboxylic acids is 3. The van der Waals surface area contributed by atoms with Crippen molar-refractivity contribution in [2.24, 2.45) is 0 Å². The lowest BCUT2D eigenvalue weighted by Gasteiger charge is -2.48. The van der Waals surface area contributed by atoms with Crippen molar-refractivity contribution >= 4 is 17.8 Å². The van der Waals surface area contributed by atoms with Crippen LogP contribution in [0.1, 0.15) is 13.8 Å². The molecular weight excluding hydrogens is 518 g/mol. The van der Waals surface area contributed by atoms with E-state index in [1.54, 1.807) is 0 Å². The first-order valence-electron chi connectivity index (χ1n) is 11.5. The van der Waals surface area contributed by atoms with Crippen LogP contribution in [0.2, 0.25) is 0 Å². The van der Waals surface area contributed by atoms with E-state index >= 15 is 0 Å². The van der Waals surface area contributed by atoms with Gasteiger partial charge in [-0.1, -0.05) is 6.58 Å². The van der Waals surface area contributed by atoms with Crippen molar-refractivity contribution in [2.75, 3.05) is 27.4 Å². The molecule has 0 aromatic rings. The van der Waals surface area contributed by atoms with Gasteiger partial charge in [-0.3, -0.25) is 4.79 Å². The van der Waals surface area contributed by atoms with Crippen molar-refractivity contribution in [3.63, 3.8) is 0 Å². The molecule has 0 aromatic carbocycles. The average molecular weight is 553 g/mol. The van der Waals surface area contributed by atoms with Crippen molar-refractivity contribution in [1.29, 1.82) is 0 Å². The van der Waals surface area contributed by atoms with Gasteiger partial charge in [0.2, 0.25) is 5.91 Å². The average Bonchev–Trinajstić information content (AvgIpc) is 2.85. The number of nitrogens with one attached hydrogen (secondary N) is 1. The van der Waals surface area contributed by atoms with Crippen LogP contribution in [0.15, 0.2) is 12.2 Å². The summed E-state index contributed by atoms with van der Waals surface area (Å²) >= 11 is 0. The summed E-state index contributed by atoms with van der Waals surface area (Å²) in [4.78, 5) is 35.0. The number of rotatable bonds is 12. The van der Waals surface area contributed by atoms with Crippen LogP contribution < -0.4 is 10.4 Å². The minimum absolute atomic E-state index is 0.0965. The number of methoxy groups -OCH3 is 2. The molecule has 0 saturated carbocycles. The fraction of sp³-hybridized carbons (Fsp3) is 0.773. The monoisotopic (exact) mass is 552 g/mol. The third-order valence-electron chi connectivity index (χ3n) is 5.70. The summed E-state index contributed by atoms with van der Waals surface area (Å²) in [7, 11) is 2.30. The van der Waals surface area contributed by atoms with Gasteiger partial charge in [0.1, 0.15) is 55.4 Å². The molecule has 5 N–H and O–H groups in total. The number of hydrogen-bond donors (Lipinski definition) is 5. The molecule has 0 radical (unpaired) electrons. The zero-order valence-electron chi connectivity index (χ0n) is 21.3. The Bertz CT molecular complexity index is 840. The third kappa shape index (κ3) is 7.89. The van der Waals surface area contributed by atoms with E-state index in [0.717, 1.165) is 14.0 Å². The molecule has 0 bridgehead atoms. The molecule has 2 heterocycles. The number of ether oxygens (including phenoxy) is 7. The summed E-state index contributed by atoms with van der Waals surface area (Å²) < 4.78 is 36.9. The lowest BCUT2D eigenvalue weighted by molar-refractivity contribution is -0.377. The van der Waals surface area contributed by atoms with E-state index in [9.17, 15) is 39.9 Å². The molecule has 2 rings (SSSR count). The Labute approximate surface area is 218 Å². The summed E-state index contributed by atoms with van der Waals surface area (Å²) in [5, 5.41) is 55.9. The van der Waals surface area contributed by atoms with Crippen LogP contribution in [0.25, 0.3) is 0 Å². The third-order valence-corrected chi connectivity index (χ3v) is 5.70. The van der Waals surface area contributed by atoms with Gasteiger partial charge in [0.15, 0.2) is 18.9 Å². The van der Waals surface area contributed by atoms with Crippen molar-refractivity contribution < 1.29 is 73.1 Å². The molecule has 1 amide bonds. The van der Waals surface area contributed by atoms with E-state index < -0.39 is 98.7 Å². The van der Waals surface area contributed by atoms with Crippen LogP contribution in [0.5, 0.6) is 0 Å². The maximum atomic E-state index is 11.8. The molecule has 11 unspecified atom stereocenters. The number of aliphatic hydroxyl groups excluding tert-OH is 4. The quantitative estimate of drug-likeness (QED) is 0.113. The summed E-state index contributed by atoms with van der Waals surface area (Å²) in [5.74, 6) is -3.11.